The molecule has 2 atom stereocenters. The highest BCUT2D eigenvalue weighted by molar-refractivity contribution is 7.99. The van der Waals surface area contributed by atoms with Gasteiger partial charge in [-0.1, -0.05) is 43.7 Å². The van der Waals surface area contributed by atoms with Crippen molar-refractivity contribution in [3.8, 4) is 11.8 Å². The number of hydrogen-bond acceptors (Lipinski definition) is 2. The van der Waals surface area contributed by atoms with E-state index in [1.165, 1.54) is 31.2 Å². The van der Waals surface area contributed by atoms with Crippen molar-refractivity contribution in [3.63, 3.8) is 0 Å². The molecule has 0 radical (unpaired) electrons. The van der Waals surface area contributed by atoms with Gasteiger partial charge in [0.15, 0.2) is 0 Å². The van der Waals surface area contributed by atoms with Crippen molar-refractivity contribution >= 4 is 11.8 Å². The van der Waals surface area contributed by atoms with Crippen LogP contribution < -0.4 is 5.73 Å². The molecule has 2 unspecified atom stereocenters. The summed E-state index contributed by atoms with van der Waals surface area (Å²) < 4.78 is 0. The Bertz CT molecular complexity index is 441. The molecule has 1 fully saturated rings. The topological polar surface area (TPSA) is 26.0 Å². The monoisotopic (exact) mass is 273 g/mol. The highest BCUT2D eigenvalue weighted by Crippen LogP contribution is 2.33. The van der Waals surface area contributed by atoms with Gasteiger partial charge in [0.25, 0.3) is 0 Å². The highest BCUT2D eigenvalue weighted by atomic mass is 32.2. The lowest BCUT2D eigenvalue weighted by atomic mass is 9.91. The van der Waals surface area contributed by atoms with Gasteiger partial charge >= 0.3 is 0 Å². The van der Waals surface area contributed by atoms with Crippen LogP contribution in [0.15, 0.2) is 24.3 Å². The molecule has 1 saturated carbocycles. The number of hydrogen-bond donors (Lipinski definition) is 1. The highest BCUT2D eigenvalue weighted by Gasteiger charge is 2.18. The predicted molar refractivity (Wildman–Crippen MR) is 85.1 cm³/mol. The fourth-order valence-electron chi connectivity index (χ4n) is 2.58. The van der Waals surface area contributed by atoms with Crippen LogP contribution in [0.4, 0.5) is 0 Å². The first-order chi connectivity index (χ1) is 9.28. The van der Waals surface area contributed by atoms with Crippen LogP contribution in [0, 0.1) is 17.8 Å². The maximum Gasteiger partial charge on any atom is 0.0555 e. The van der Waals surface area contributed by atoms with E-state index >= 15 is 0 Å². The van der Waals surface area contributed by atoms with E-state index in [4.69, 9.17) is 5.73 Å². The van der Waals surface area contributed by atoms with Crippen molar-refractivity contribution in [1.82, 2.24) is 0 Å². The minimum atomic E-state index is 0.428. The Balaban J connectivity index is 1.82. The van der Waals surface area contributed by atoms with Crippen molar-refractivity contribution in [2.45, 2.75) is 43.6 Å². The summed E-state index contributed by atoms with van der Waals surface area (Å²) in [5.41, 5.74) is 7.84. The molecule has 1 aromatic rings. The lowest BCUT2D eigenvalue weighted by Gasteiger charge is -2.26. The van der Waals surface area contributed by atoms with Crippen LogP contribution in [0.3, 0.4) is 0 Å². The summed E-state index contributed by atoms with van der Waals surface area (Å²) in [5, 5.41) is 0.862. The summed E-state index contributed by atoms with van der Waals surface area (Å²) in [4.78, 5) is 0. The van der Waals surface area contributed by atoms with Gasteiger partial charge in [-0.05, 0) is 36.5 Å². The Labute approximate surface area is 121 Å². The van der Waals surface area contributed by atoms with Gasteiger partial charge in [0.2, 0.25) is 0 Å². The average Bonchev–Trinajstić information content (AvgIpc) is 2.44. The molecule has 1 nitrogen and oxygen atoms in total. The Kier molecular flexibility index (Phi) is 5.82. The van der Waals surface area contributed by atoms with Gasteiger partial charge in [-0.15, -0.1) is 0 Å². The van der Waals surface area contributed by atoms with Crippen LogP contribution in [-0.4, -0.2) is 11.8 Å². The minimum Gasteiger partial charge on any atom is -0.320 e. The molecule has 0 amide bonds. The first-order valence-electron chi connectivity index (χ1n) is 7.17. The summed E-state index contributed by atoms with van der Waals surface area (Å²) in [6.45, 7) is 2.81. The maximum atomic E-state index is 5.37. The molecule has 1 aromatic carbocycles. The lowest BCUT2D eigenvalue weighted by Crippen LogP contribution is -2.15. The van der Waals surface area contributed by atoms with Gasteiger partial charge < -0.3 is 5.73 Å². The molecular weight excluding hydrogens is 250 g/mol. The second-order valence-corrected chi connectivity index (χ2v) is 6.70. The molecule has 2 N–H and O–H groups in total. The standard InChI is InChI=1S/C17H23NS/c1-14-4-2-6-17(12-14)19-13-16-9-7-15(8-10-16)5-3-11-18/h7-10,14,17H,2,4,6,11-13,18H2,1H3. The van der Waals surface area contributed by atoms with E-state index in [0.29, 0.717) is 6.54 Å². The molecule has 1 aliphatic carbocycles. The quantitative estimate of drug-likeness (QED) is 0.848. The zero-order valence-electron chi connectivity index (χ0n) is 11.7. The van der Waals surface area contributed by atoms with Gasteiger partial charge in [0, 0.05) is 16.6 Å². The van der Waals surface area contributed by atoms with Crippen molar-refractivity contribution in [1.29, 1.82) is 0 Å². The Hall–Kier alpha value is -0.910. The van der Waals surface area contributed by atoms with E-state index in [0.717, 1.165) is 22.5 Å². The normalized spacial score (nSPS) is 22.6. The zero-order valence-corrected chi connectivity index (χ0v) is 12.5. The smallest absolute Gasteiger partial charge is 0.0555 e. The van der Waals surface area contributed by atoms with E-state index in [1.807, 2.05) is 0 Å². The van der Waals surface area contributed by atoms with E-state index in [2.05, 4.69) is 54.8 Å². The molecule has 102 valence electrons. The molecule has 1 aliphatic rings. The first kappa shape index (κ1) is 14.5. The van der Waals surface area contributed by atoms with E-state index in [9.17, 15) is 0 Å². The molecule has 0 heterocycles. The van der Waals surface area contributed by atoms with Gasteiger partial charge in [-0.2, -0.15) is 11.8 Å². The van der Waals surface area contributed by atoms with Crippen molar-refractivity contribution in [3.05, 3.63) is 35.4 Å². The molecule has 0 aliphatic heterocycles. The molecule has 2 heteroatoms. The third kappa shape index (κ3) is 4.93. The summed E-state index contributed by atoms with van der Waals surface area (Å²) in [6, 6.07) is 8.59. The van der Waals surface area contributed by atoms with Crippen LogP contribution >= 0.6 is 11.8 Å². The van der Waals surface area contributed by atoms with Crippen LogP contribution in [0.2, 0.25) is 0 Å². The second kappa shape index (κ2) is 7.62. The van der Waals surface area contributed by atoms with E-state index in [1.54, 1.807) is 0 Å². The minimum absolute atomic E-state index is 0.428. The molecule has 19 heavy (non-hydrogen) atoms. The van der Waals surface area contributed by atoms with Gasteiger partial charge in [0.1, 0.15) is 0 Å². The molecular formula is C17H23NS. The Morgan fingerprint density at radius 2 is 2.05 bits per heavy atom. The van der Waals surface area contributed by atoms with E-state index in [-0.39, 0.29) is 0 Å². The largest absolute Gasteiger partial charge is 0.320 e. The van der Waals surface area contributed by atoms with Gasteiger partial charge in [-0.3, -0.25) is 0 Å². The summed E-state index contributed by atoms with van der Waals surface area (Å²) in [7, 11) is 0. The molecule has 2 rings (SSSR count). The number of rotatable bonds is 3. The van der Waals surface area contributed by atoms with Crippen molar-refractivity contribution in [2.24, 2.45) is 11.7 Å². The predicted octanol–water partition coefficient (Wildman–Crippen LogP) is 3.81. The SMILES string of the molecule is CC1CCCC(SCc2ccc(C#CCN)cc2)C1. The fraction of sp³-hybridized carbons (Fsp3) is 0.529. The molecule has 0 aromatic heterocycles. The fourth-order valence-corrected chi connectivity index (χ4v) is 4.00. The van der Waals surface area contributed by atoms with Crippen LogP contribution in [0.5, 0.6) is 0 Å². The maximum absolute atomic E-state index is 5.37. The number of benzene rings is 1. The second-order valence-electron chi connectivity index (χ2n) is 5.41. The van der Waals surface area contributed by atoms with E-state index < -0.39 is 0 Å². The van der Waals surface area contributed by atoms with Crippen LogP contribution in [0.25, 0.3) is 0 Å². The van der Waals surface area contributed by atoms with Crippen LogP contribution in [-0.2, 0) is 5.75 Å². The number of thioether (sulfide) groups is 1. The lowest BCUT2D eigenvalue weighted by molar-refractivity contribution is 0.394. The molecule has 0 bridgehead atoms. The van der Waals surface area contributed by atoms with Gasteiger partial charge in [0.05, 0.1) is 6.54 Å². The molecule has 0 saturated heterocycles. The zero-order chi connectivity index (χ0) is 13.5. The first-order valence-corrected chi connectivity index (χ1v) is 8.22. The Morgan fingerprint density at radius 3 is 2.74 bits per heavy atom. The summed E-state index contributed by atoms with van der Waals surface area (Å²) in [5.74, 6) is 7.99. The van der Waals surface area contributed by atoms with Crippen LogP contribution in [0.1, 0.15) is 43.7 Å². The third-order valence-electron chi connectivity index (χ3n) is 3.66. The van der Waals surface area contributed by atoms with Gasteiger partial charge in [-0.25, -0.2) is 0 Å². The number of nitrogens with two attached hydrogens (primary N) is 1. The Morgan fingerprint density at radius 1 is 1.26 bits per heavy atom. The van der Waals surface area contributed by atoms with Crippen molar-refractivity contribution in [2.75, 3.05) is 6.54 Å². The average molecular weight is 273 g/mol. The summed E-state index contributed by atoms with van der Waals surface area (Å²) in [6.07, 6.45) is 5.62. The molecule has 0 spiro atoms. The summed E-state index contributed by atoms with van der Waals surface area (Å²) >= 11 is 2.12. The van der Waals surface area contributed by atoms with Crippen molar-refractivity contribution < 1.29 is 0 Å². The third-order valence-corrected chi connectivity index (χ3v) is 5.06.